The summed E-state index contributed by atoms with van der Waals surface area (Å²) >= 11 is 0. The largest absolute Gasteiger partial charge is 0.481 e. The van der Waals surface area contributed by atoms with Crippen LogP contribution in [0.1, 0.15) is 33.1 Å². The second kappa shape index (κ2) is 8.51. The molecule has 2 N–H and O–H groups in total. The van der Waals surface area contributed by atoms with Gasteiger partial charge in [-0.15, -0.1) is 13.2 Å². The number of anilines is 1. The number of nitrogen functional groups attached to an aromatic ring is 1. The molecule has 0 aromatic heterocycles. The van der Waals surface area contributed by atoms with E-state index in [9.17, 15) is 13.2 Å². The molecule has 0 saturated heterocycles. The van der Waals surface area contributed by atoms with Crippen LogP contribution in [0.2, 0.25) is 0 Å². The van der Waals surface area contributed by atoms with Crippen molar-refractivity contribution in [2.75, 3.05) is 5.73 Å². The molecular weight excluding hydrogens is 267 g/mol. The van der Waals surface area contributed by atoms with Crippen molar-refractivity contribution in [1.29, 1.82) is 0 Å². The second-order valence-corrected chi connectivity index (χ2v) is 3.95. The van der Waals surface area contributed by atoms with Gasteiger partial charge in [0.1, 0.15) is 0 Å². The lowest BCUT2D eigenvalue weighted by molar-refractivity contribution is -0.0746. The summed E-state index contributed by atoms with van der Waals surface area (Å²) in [6, 6.07) is 3.76. The van der Waals surface area contributed by atoms with E-state index < -0.39 is 17.8 Å². The molecule has 1 aromatic rings. The molecule has 1 aliphatic rings. The minimum atomic E-state index is -2.87. The highest BCUT2D eigenvalue weighted by Crippen LogP contribution is 2.38. The fourth-order valence-corrected chi connectivity index (χ4v) is 1.81. The van der Waals surface area contributed by atoms with Crippen LogP contribution in [0.15, 0.2) is 31.4 Å². The van der Waals surface area contributed by atoms with Crippen LogP contribution in [0.4, 0.5) is 18.9 Å². The molecule has 0 bridgehead atoms. The summed E-state index contributed by atoms with van der Waals surface area (Å²) < 4.78 is 44.8. The molecule has 0 spiro atoms. The first kappa shape index (κ1) is 18.4. The Morgan fingerprint density at radius 2 is 1.90 bits per heavy atom. The molecule has 2 nitrogen and oxygen atoms in total. The maximum Gasteiger partial charge on any atom is 0.284 e. The van der Waals surface area contributed by atoms with Crippen molar-refractivity contribution in [2.45, 2.75) is 45.1 Å². The number of hydrogen-bond donors (Lipinski definition) is 1. The van der Waals surface area contributed by atoms with E-state index in [2.05, 4.69) is 13.2 Å². The van der Waals surface area contributed by atoms with Crippen molar-refractivity contribution in [3.05, 3.63) is 37.2 Å². The van der Waals surface area contributed by atoms with Gasteiger partial charge >= 0.3 is 0 Å². The summed E-state index contributed by atoms with van der Waals surface area (Å²) in [6.07, 6.45) is -0.787. The number of nitrogens with two attached hydrogens (primary N) is 1. The number of alkyl halides is 2. The monoisotopic (exact) mass is 289 g/mol. The van der Waals surface area contributed by atoms with Gasteiger partial charge in [0.25, 0.3) is 5.92 Å². The van der Waals surface area contributed by atoms with Gasteiger partial charge in [-0.05, 0) is 25.0 Å². The Hall–Kier alpha value is -1.65. The molecule has 1 unspecified atom stereocenters. The standard InChI is InChI=1S/C11H12F3NO.C2H6.C2H4/c12-8-6-7(15)3-4-9(8)16-10-2-1-5-11(10,13)14;2*1-2/h3-4,6,10H,1-2,5,15H2;1-2H3;1-2H2. The highest BCUT2D eigenvalue weighted by molar-refractivity contribution is 5.42. The predicted octanol–water partition coefficient (Wildman–Crippen LogP) is 4.80. The molecule has 0 amide bonds. The zero-order valence-corrected chi connectivity index (χ0v) is 12.0. The van der Waals surface area contributed by atoms with E-state index in [1.54, 1.807) is 0 Å². The molecule has 0 aliphatic heterocycles. The zero-order chi connectivity index (χ0) is 15.8. The van der Waals surface area contributed by atoms with Crippen LogP contribution in [0.25, 0.3) is 0 Å². The van der Waals surface area contributed by atoms with E-state index in [0.29, 0.717) is 6.42 Å². The number of halogens is 3. The maximum absolute atomic E-state index is 13.3. The van der Waals surface area contributed by atoms with Crippen molar-refractivity contribution in [3.63, 3.8) is 0 Å². The van der Waals surface area contributed by atoms with E-state index in [4.69, 9.17) is 10.5 Å². The Morgan fingerprint density at radius 1 is 1.30 bits per heavy atom. The van der Waals surface area contributed by atoms with Gasteiger partial charge in [-0.1, -0.05) is 13.8 Å². The third kappa shape index (κ3) is 4.79. The molecule has 0 heterocycles. The zero-order valence-electron chi connectivity index (χ0n) is 12.0. The lowest BCUT2D eigenvalue weighted by Crippen LogP contribution is -2.32. The van der Waals surface area contributed by atoms with Gasteiger partial charge in [-0.2, -0.15) is 0 Å². The van der Waals surface area contributed by atoms with Crippen molar-refractivity contribution in [2.24, 2.45) is 0 Å². The molecule has 1 aliphatic carbocycles. The lowest BCUT2D eigenvalue weighted by atomic mass is 10.2. The Kier molecular flexibility index (Phi) is 7.80. The minimum absolute atomic E-state index is 0.166. The normalized spacial score (nSPS) is 19.1. The number of ether oxygens (including phenoxy) is 1. The van der Waals surface area contributed by atoms with Gasteiger partial charge in [0, 0.05) is 18.2 Å². The first-order valence-electron chi connectivity index (χ1n) is 6.58. The summed E-state index contributed by atoms with van der Waals surface area (Å²) in [6.45, 7) is 10.0. The molecule has 114 valence electrons. The topological polar surface area (TPSA) is 35.2 Å². The quantitative estimate of drug-likeness (QED) is 0.627. The first-order valence-corrected chi connectivity index (χ1v) is 6.58. The lowest BCUT2D eigenvalue weighted by Gasteiger charge is -2.20. The molecular formula is C15H22F3NO. The number of hydrogen-bond acceptors (Lipinski definition) is 2. The number of rotatable bonds is 2. The van der Waals surface area contributed by atoms with Gasteiger partial charge in [0.15, 0.2) is 17.7 Å². The molecule has 1 saturated carbocycles. The van der Waals surface area contributed by atoms with Gasteiger partial charge in [0.2, 0.25) is 0 Å². The molecule has 1 atom stereocenters. The van der Waals surface area contributed by atoms with Crippen molar-refractivity contribution >= 4 is 5.69 Å². The fraction of sp³-hybridized carbons (Fsp3) is 0.467. The summed E-state index contributed by atoms with van der Waals surface area (Å²) in [5.74, 6) is -3.74. The Morgan fingerprint density at radius 3 is 2.35 bits per heavy atom. The van der Waals surface area contributed by atoms with E-state index in [1.807, 2.05) is 13.8 Å². The first-order chi connectivity index (χ1) is 9.49. The van der Waals surface area contributed by atoms with E-state index >= 15 is 0 Å². The summed E-state index contributed by atoms with van der Waals surface area (Å²) in [5.41, 5.74) is 5.58. The summed E-state index contributed by atoms with van der Waals surface area (Å²) in [5, 5.41) is 0. The van der Waals surface area contributed by atoms with Crippen LogP contribution in [0.5, 0.6) is 5.75 Å². The van der Waals surface area contributed by atoms with Crippen LogP contribution in [-0.4, -0.2) is 12.0 Å². The van der Waals surface area contributed by atoms with Crippen molar-refractivity contribution in [3.8, 4) is 5.75 Å². The van der Waals surface area contributed by atoms with Gasteiger partial charge < -0.3 is 10.5 Å². The third-order valence-electron chi connectivity index (χ3n) is 2.67. The SMILES string of the molecule is C=C.CC.Nc1ccc(OC2CCCC2(F)F)c(F)c1. The smallest absolute Gasteiger partial charge is 0.284 e. The van der Waals surface area contributed by atoms with Crippen LogP contribution in [0.3, 0.4) is 0 Å². The van der Waals surface area contributed by atoms with Crippen LogP contribution in [0, 0.1) is 5.82 Å². The Balaban J connectivity index is 0.000000829. The number of benzene rings is 1. The minimum Gasteiger partial charge on any atom is -0.481 e. The van der Waals surface area contributed by atoms with Gasteiger partial charge in [0.05, 0.1) is 0 Å². The van der Waals surface area contributed by atoms with Crippen molar-refractivity contribution < 1.29 is 17.9 Å². The molecule has 20 heavy (non-hydrogen) atoms. The van der Waals surface area contributed by atoms with Crippen LogP contribution < -0.4 is 10.5 Å². The summed E-state index contributed by atoms with van der Waals surface area (Å²) in [4.78, 5) is 0. The third-order valence-corrected chi connectivity index (χ3v) is 2.67. The molecule has 1 aromatic carbocycles. The fourth-order valence-electron chi connectivity index (χ4n) is 1.81. The average Bonchev–Trinajstić information content (AvgIpc) is 2.77. The van der Waals surface area contributed by atoms with Gasteiger partial charge in [-0.25, -0.2) is 13.2 Å². The highest BCUT2D eigenvalue weighted by Gasteiger charge is 2.45. The average molecular weight is 289 g/mol. The predicted molar refractivity (Wildman–Crippen MR) is 76.6 cm³/mol. The second-order valence-electron chi connectivity index (χ2n) is 3.95. The Labute approximate surface area is 118 Å². The molecule has 5 heteroatoms. The Bertz CT molecular complexity index is 410. The molecule has 0 radical (unpaired) electrons. The highest BCUT2D eigenvalue weighted by atomic mass is 19.3. The van der Waals surface area contributed by atoms with Crippen molar-refractivity contribution in [1.82, 2.24) is 0 Å². The van der Waals surface area contributed by atoms with Gasteiger partial charge in [-0.3, -0.25) is 0 Å². The summed E-state index contributed by atoms with van der Waals surface area (Å²) in [7, 11) is 0. The van der Waals surface area contributed by atoms with Crippen LogP contribution >= 0.6 is 0 Å². The molecule has 1 fully saturated rings. The van der Waals surface area contributed by atoms with E-state index in [0.717, 1.165) is 6.07 Å². The maximum atomic E-state index is 13.3. The van der Waals surface area contributed by atoms with Crippen LogP contribution in [-0.2, 0) is 0 Å². The molecule has 2 rings (SSSR count). The van der Waals surface area contributed by atoms with E-state index in [1.165, 1.54) is 12.1 Å². The van der Waals surface area contributed by atoms with E-state index in [-0.39, 0.29) is 24.3 Å².